The lowest BCUT2D eigenvalue weighted by molar-refractivity contribution is 0.189. The second kappa shape index (κ2) is 8.86. The second-order valence-corrected chi connectivity index (χ2v) is 10.7. The summed E-state index contributed by atoms with van der Waals surface area (Å²) < 4.78 is 33.5. The maximum Gasteiger partial charge on any atom is 0.252 e. The molecule has 4 aromatic heterocycles. The molecule has 5 aromatic rings. The third-order valence-electron chi connectivity index (χ3n) is 7.83. The molecule has 1 aliphatic carbocycles. The average Bonchev–Trinajstić information content (AvgIpc) is 3.28. The number of imidazole rings is 1. The molecule has 1 aromatic carbocycles. The fourth-order valence-electron chi connectivity index (χ4n) is 5.73. The monoisotopic (exact) mass is 562 g/mol. The SMILES string of the molecule is CC(O)c1nccc(-c2cnc([C@@H]3CC4(CC4)c4cc(-c5c(-n6cnnn6)ccc(Cl)c5F)cc(=O)n43)[nH]2)c1F. The number of H-pyrrole nitrogens is 1. The summed E-state index contributed by atoms with van der Waals surface area (Å²) >= 11 is 6.14. The van der Waals surface area contributed by atoms with Crippen molar-refractivity contribution in [3.8, 4) is 28.1 Å². The highest BCUT2D eigenvalue weighted by Crippen LogP contribution is 2.58. The van der Waals surface area contributed by atoms with Crippen LogP contribution in [0.15, 0.2) is 53.8 Å². The van der Waals surface area contributed by atoms with Gasteiger partial charge in [0.15, 0.2) is 11.6 Å². The molecule has 1 fully saturated rings. The smallest absolute Gasteiger partial charge is 0.252 e. The first-order valence-corrected chi connectivity index (χ1v) is 13.0. The van der Waals surface area contributed by atoms with Crippen molar-refractivity contribution < 1.29 is 13.9 Å². The Kier molecular flexibility index (Phi) is 5.48. The van der Waals surface area contributed by atoms with Gasteiger partial charge in [0.1, 0.15) is 17.8 Å². The van der Waals surface area contributed by atoms with E-state index >= 15 is 8.78 Å². The Labute approximate surface area is 230 Å². The molecule has 2 N–H and O–H groups in total. The van der Waals surface area contributed by atoms with Crippen LogP contribution in [0.3, 0.4) is 0 Å². The molecule has 10 nitrogen and oxygen atoms in total. The van der Waals surface area contributed by atoms with Crippen LogP contribution in [0.5, 0.6) is 0 Å². The predicted octanol–water partition coefficient (Wildman–Crippen LogP) is 4.29. The van der Waals surface area contributed by atoms with Gasteiger partial charge in [-0.15, -0.1) is 5.10 Å². The van der Waals surface area contributed by atoms with E-state index in [1.54, 1.807) is 10.6 Å². The van der Waals surface area contributed by atoms with Gasteiger partial charge < -0.3 is 14.7 Å². The van der Waals surface area contributed by atoms with Crippen LogP contribution in [0.2, 0.25) is 5.02 Å². The van der Waals surface area contributed by atoms with Crippen molar-refractivity contribution in [2.45, 2.75) is 43.7 Å². The highest BCUT2D eigenvalue weighted by atomic mass is 35.5. The molecule has 0 radical (unpaired) electrons. The van der Waals surface area contributed by atoms with Crippen LogP contribution in [0.4, 0.5) is 8.78 Å². The van der Waals surface area contributed by atoms with Gasteiger partial charge in [0.2, 0.25) is 0 Å². The number of tetrazole rings is 1. The van der Waals surface area contributed by atoms with E-state index in [1.165, 1.54) is 48.5 Å². The molecule has 1 unspecified atom stereocenters. The maximum absolute atomic E-state index is 15.5. The second-order valence-electron chi connectivity index (χ2n) is 10.3. The largest absolute Gasteiger partial charge is 0.387 e. The minimum Gasteiger partial charge on any atom is -0.387 e. The van der Waals surface area contributed by atoms with Crippen LogP contribution in [0.25, 0.3) is 28.1 Å². The molecule has 1 aliphatic heterocycles. The van der Waals surface area contributed by atoms with Crippen molar-refractivity contribution in [1.82, 2.24) is 39.7 Å². The van der Waals surface area contributed by atoms with E-state index in [9.17, 15) is 9.90 Å². The zero-order valence-electron chi connectivity index (χ0n) is 21.0. The first-order valence-electron chi connectivity index (χ1n) is 12.6. The number of nitrogens with zero attached hydrogens (tertiary/aromatic N) is 7. The van der Waals surface area contributed by atoms with Crippen molar-refractivity contribution in [3.05, 3.63) is 93.3 Å². The quantitative estimate of drug-likeness (QED) is 0.327. The Balaban J connectivity index is 1.33. The Hall–Kier alpha value is -4.29. The molecule has 2 aliphatic rings. The van der Waals surface area contributed by atoms with E-state index < -0.39 is 23.8 Å². The Bertz CT molecular complexity index is 1850. The van der Waals surface area contributed by atoms with Gasteiger partial charge in [-0.05, 0) is 66.4 Å². The number of fused-ring (bicyclic) bond motifs is 2. The van der Waals surface area contributed by atoms with Crippen LogP contribution in [-0.4, -0.2) is 44.8 Å². The summed E-state index contributed by atoms with van der Waals surface area (Å²) in [6.07, 6.45) is 5.57. The predicted molar refractivity (Wildman–Crippen MR) is 140 cm³/mol. The molecule has 2 atom stereocenters. The fourth-order valence-corrected chi connectivity index (χ4v) is 5.89. The van der Waals surface area contributed by atoms with E-state index in [4.69, 9.17) is 11.6 Å². The van der Waals surface area contributed by atoms with Crippen molar-refractivity contribution in [2.24, 2.45) is 0 Å². The lowest BCUT2D eigenvalue weighted by Gasteiger charge is -2.16. The number of hydrogen-bond acceptors (Lipinski definition) is 7. The molecule has 0 bridgehead atoms. The molecular weight excluding hydrogens is 542 g/mol. The van der Waals surface area contributed by atoms with Crippen molar-refractivity contribution in [2.75, 3.05) is 0 Å². The van der Waals surface area contributed by atoms with Gasteiger partial charge in [0.25, 0.3) is 5.56 Å². The molecule has 202 valence electrons. The molecule has 5 heterocycles. The average molecular weight is 563 g/mol. The van der Waals surface area contributed by atoms with Gasteiger partial charge in [0, 0.05) is 34.5 Å². The Morgan fingerprint density at radius 2 is 2.00 bits per heavy atom. The topological polar surface area (TPSA) is 127 Å². The first-order chi connectivity index (χ1) is 19.3. The van der Waals surface area contributed by atoms with Gasteiger partial charge in [0.05, 0.1) is 34.7 Å². The normalized spacial score (nSPS) is 17.8. The Morgan fingerprint density at radius 1 is 1.18 bits per heavy atom. The molecule has 1 saturated carbocycles. The number of aliphatic hydroxyl groups is 1. The summed E-state index contributed by atoms with van der Waals surface area (Å²) in [5.74, 6) is -0.806. The lowest BCUT2D eigenvalue weighted by atomic mass is 9.95. The Morgan fingerprint density at radius 3 is 2.73 bits per heavy atom. The van der Waals surface area contributed by atoms with E-state index in [0.29, 0.717) is 29.2 Å². The molecule has 0 amide bonds. The summed E-state index contributed by atoms with van der Waals surface area (Å²) in [6.45, 7) is 1.44. The highest BCUT2D eigenvalue weighted by molar-refractivity contribution is 6.31. The van der Waals surface area contributed by atoms with E-state index in [1.807, 2.05) is 6.07 Å². The number of halogens is 3. The zero-order valence-corrected chi connectivity index (χ0v) is 21.8. The van der Waals surface area contributed by atoms with Gasteiger partial charge in [-0.2, -0.15) is 4.68 Å². The molecular formula is C27H21ClF2N8O2. The molecule has 40 heavy (non-hydrogen) atoms. The number of rotatable bonds is 5. The standard InChI is InChI=1S/C27H21ClF2N8O2/c1-13(39)25-23(29)15(4-7-31-25)17-11-32-26(34-17)19-10-27(5-6-27)20-8-14(9-21(40)38(19)20)22-18(37-12-33-35-36-37)3-2-16(28)24(22)30/h2-4,7-9,11-13,19,39H,5-6,10H2,1H3,(H,32,34)/t13?,19-/m0/s1. The van der Waals surface area contributed by atoms with Crippen molar-refractivity contribution in [1.29, 1.82) is 0 Å². The van der Waals surface area contributed by atoms with Gasteiger partial charge in [-0.3, -0.25) is 9.78 Å². The highest BCUT2D eigenvalue weighted by Gasteiger charge is 2.54. The van der Waals surface area contributed by atoms with Gasteiger partial charge in [-0.1, -0.05) is 11.6 Å². The minimum absolute atomic E-state index is 0.0603. The van der Waals surface area contributed by atoms with Crippen LogP contribution < -0.4 is 5.56 Å². The molecule has 1 spiro atoms. The van der Waals surface area contributed by atoms with Crippen LogP contribution >= 0.6 is 11.6 Å². The van der Waals surface area contributed by atoms with Crippen LogP contribution in [0.1, 0.15) is 55.5 Å². The number of aromatic amines is 1. The minimum atomic E-state index is -1.07. The van der Waals surface area contributed by atoms with E-state index in [-0.39, 0.29) is 32.8 Å². The van der Waals surface area contributed by atoms with Crippen LogP contribution in [0, 0.1) is 11.6 Å². The van der Waals surface area contributed by atoms with Crippen molar-refractivity contribution >= 4 is 11.6 Å². The number of nitrogens with one attached hydrogen (secondary N) is 1. The molecule has 0 saturated heterocycles. The van der Waals surface area contributed by atoms with E-state index in [2.05, 4.69) is 30.5 Å². The third-order valence-corrected chi connectivity index (χ3v) is 8.12. The van der Waals surface area contributed by atoms with E-state index in [0.717, 1.165) is 18.5 Å². The third kappa shape index (κ3) is 3.70. The summed E-state index contributed by atoms with van der Waals surface area (Å²) in [5, 5.41) is 20.9. The summed E-state index contributed by atoms with van der Waals surface area (Å²) in [5.41, 5.74) is 1.62. The molecule has 7 rings (SSSR count). The van der Waals surface area contributed by atoms with Crippen LogP contribution in [-0.2, 0) is 5.41 Å². The summed E-state index contributed by atoms with van der Waals surface area (Å²) in [7, 11) is 0. The number of aliphatic hydroxyl groups excluding tert-OH is 1. The van der Waals surface area contributed by atoms with Crippen molar-refractivity contribution in [3.63, 3.8) is 0 Å². The number of aromatic nitrogens is 8. The fraction of sp³-hybridized carbons (Fsp3) is 0.259. The summed E-state index contributed by atoms with van der Waals surface area (Å²) in [4.78, 5) is 25.3. The maximum atomic E-state index is 15.5. The van der Waals surface area contributed by atoms with Gasteiger partial charge >= 0.3 is 0 Å². The number of benzene rings is 1. The molecule has 13 heteroatoms. The first kappa shape index (κ1) is 24.7. The summed E-state index contributed by atoms with van der Waals surface area (Å²) in [6, 6.07) is 7.31. The lowest BCUT2D eigenvalue weighted by Crippen LogP contribution is -2.24. The zero-order chi connectivity index (χ0) is 27.8. The van der Waals surface area contributed by atoms with Gasteiger partial charge in [-0.25, -0.2) is 13.8 Å². The number of pyridine rings is 2. The number of hydrogen-bond donors (Lipinski definition) is 2.